The summed E-state index contributed by atoms with van der Waals surface area (Å²) in [6.07, 6.45) is -0.480. The second-order valence-corrected chi connectivity index (χ2v) is 2.72. The minimum absolute atomic E-state index is 0.333. The summed E-state index contributed by atoms with van der Waals surface area (Å²) in [5.74, 6) is -0.0234. The molecule has 3 nitrogen and oxygen atoms in total. The van der Waals surface area contributed by atoms with E-state index in [-0.39, 0.29) is 5.82 Å². The summed E-state index contributed by atoms with van der Waals surface area (Å²) in [4.78, 5) is 12.3. The number of halogens is 1. The van der Waals surface area contributed by atoms with Gasteiger partial charge in [0.25, 0.3) is 0 Å². The van der Waals surface area contributed by atoms with Gasteiger partial charge in [-0.15, -0.1) is 0 Å². The number of hydrogen-bond acceptors (Lipinski definition) is 2. The van der Waals surface area contributed by atoms with Crippen molar-refractivity contribution in [2.45, 2.75) is 0 Å². The first kappa shape index (κ1) is 9.51. The topological polar surface area (TPSA) is 29.5 Å². The van der Waals surface area contributed by atoms with Gasteiger partial charge in [0, 0.05) is 14.1 Å². The van der Waals surface area contributed by atoms with Gasteiger partial charge in [-0.05, 0) is 24.3 Å². The van der Waals surface area contributed by atoms with E-state index in [0.717, 1.165) is 0 Å². The number of hydrogen-bond donors (Lipinski definition) is 0. The lowest BCUT2D eigenvalue weighted by molar-refractivity contribution is 0.172. The van der Waals surface area contributed by atoms with E-state index in [2.05, 4.69) is 0 Å². The van der Waals surface area contributed by atoms with E-state index in [1.807, 2.05) is 0 Å². The van der Waals surface area contributed by atoms with Crippen molar-refractivity contribution in [3.05, 3.63) is 30.1 Å². The molecular weight excluding hydrogens is 173 g/mol. The first-order valence-electron chi connectivity index (χ1n) is 3.74. The molecule has 0 N–H and O–H groups in total. The molecule has 0 fully saturated rings. The summed E-state index contributed by atoms with van der Waals surface area (Å²) < 4.78 is 17.3. The SMILES string of the molecule is CN(C)C(=O)Oc1ccc(F)cc1. The molecule has 0 bridgehead atoms. The van der Waals surface area contributed by atoms with Crippen molar-refractivity contribution >= 4 is 6.09 Å². The van der Waals surface area contributed by atoms with Gasteiger partial charge in [-0.1, -0.05) is 0 Å². The fourth-order valence-corrected chi connectivity index (χ4v) is 0.695. The third-order valence-electron chi connectivity index (χ3n) is 1.38. The molecule has 0 saturated carbocycles. The maximum atomic E-state index is 12.4. The predicted molar refractivity (Wildman–Crippen MR) is 46.1 cm³/mol. The van der Waals surface area contributed by atoms with Crippen LogP contribution in [0.3, 0.4) is 0 Å². The lowest BCUT2D eigenvalue weighted by atomic mass is 10.3. The molecule has 0 spiro atoms. The Kier molecular flexibility index (Phi) is 2.84. The van der Waals surface area contributed by atoms with Crippen LogP contribution in [0.4, 0.5) is 9.18 Å². The Balaban J connectivity index is 2.65. The van der Waals surface area contributed by atoms with E-state index in [1.54, 1.807) is 14.1 Å². The van der Waals surface area contributed by atoms with Gasteiger partial charge in [0.1, 0.15) is 11.6 Å². The van der Waals surface area contributed by atoms with Crippen molar-refractivity contribution in [1.29, 1.82) is 0 Å². The predicted octanol–water partition coefficient (Wildman–Crippen LogP) is 1.89. The molecule has 1 amide bonds. The van der Waals surface area contributed by atoms with E-state index < -0.39 is 6.09 Å². The summed E-state index contributed by atoms with van der Waals surface area (Å²) in [6, 6.07) is 5.27. The number of benzene rings is 1. The molecule has 0 radical (unpaired) electrons. The summed E-state index contributed by atoms with van der Waals surface area (Å²) >= 11 is 0. The maximum Gasteiger partial charge on any atom is 0.414 e. The largest absolute Gasteiger partial charge is 0.414 e. The lowest BCUT2D eigenvalue weighted by Crippen LogP contribution is -2.25. The minimum Gasteiger partial charge on any atom is -0.410 e. The number of nitrogens with zero attached hydrogens (tertiary/aromatic N) is 1. The van der Waals surface area contributed by atoms with Gasteiger partial charge >= 0.3 is 6.09 Å². The highest BCUT2D eigenvalue weighted by atomic mass is 19.1. The minimum atomic E-state index is -0.480. The van der Waals surface area contributed by atoms with Gasteiger partial charge in [0.2, 0.25) is 0 Å². The smallest absolute Gasteiger partial charge is 0.410 e. The number of ether oxygens (including phenoxy) is 1. The zero-order valence-corrected chi connectivity index (χ0v) is 7.45. The Hall–Kier alpha value is -1.58. The van der Waals surface area contributed by atoms with Crippen molar-refractivity contribution in [2.24, 2.45) is 0 Å². The van der Waals surface area contributed by atoms with Crippen LogP contribution >= 0.6 is 0 Å². The van der Waals surface area contributed by atoms with E-state index in [4.69, 9.17) is 4.74 Å². The van der Waals surface area contributed by atoms with Crippen LogP contribution in [-0.2, 0) is 0 Å². The maximum absolute atomic E-state index is 12.4. The fourth-order valence-electron chi connectivity index (χ4n) is 0.695. The van der Waals surface area contributed by atoms with Crippen molar-refractivity contribution in [3.63, 3.8) is 0 Å². The average molecular weight is 183 g/mol. The van der Waals surface area contributed by atoms with Gasteiger partial charge in [-0.2, -0.15) is 0 Å². The third-order valence-corrected chi connectivity index (χ3v) is 1.38. The standard InChI is InChI=1S/C9H10FNO2/c1-11(2)9(12)13-8-5-3-7(10)4-6-8/h3-6H,1-2H3. The summed E-state index contributed by atoms with van der Waals surface area (Å²) in [7, 11) is 3.15. The third kappa shape index (κ3) is 2.74. The van der Waals surface area contributed by atoms with Gasteiger partial charge < -0.3 is 9.64 Å². The molecular formula is C9H10FNO2. The average Bonchev–Trinajstić information content (AvgIpc) is 2.08. The van der Waals surface area contributed by atoms with Crippen LogP contribution in [0.15, 0.2) is 24.3 Å². The van der Waals surface area contributed by atoms with Crippen LogP contribution in [-0.4, -0.2) is 25.1 Å². The molecule has 0 aromatic heterocycles. The van der Waals surface area contributed by atoms with Crippen LogP contribution in [0.1, 0.15) is 0 Å². The molecule has 4 heteroatoms. The van der Waals surface area contributed by atoms with Crippen LogP contribution in [0, 0.1) is 5.82 Å². The first-order chi connectivity index (χ1) is 6.09. The highest BCUT2D eigenvalue weighted by Crippen LogP contribution is 2.11. The molecule has 0 aliphatic heterocycles. The van der Waals surface area contributed by atoms with E-state index in [0.29, 0.717) is 5.75 Å². The Morgan fingerprint density at radius 2 is 1.85 bits per heavy atom. The molecule has 1 rings (SSSR count). The van der Waals surface area contributed by atoms with Gasteiger partial charge in [-0.25, -0.2) is 9.18 Å². The molecule has 70 valence electrons. The molecule has 0 heterocycles. The van der Waals surface area contributed by atoms with Crippen LogP contribution in [0.5, 0.6) is 5.75 Å². The Bertz CT molecular complexity index is 295. The highest BCUT2D eigenvalue weighted by Gasteiger charge is 2.05. The molecule has 0 aliphatic rings. The van der Waals surface area contributed by atoms with Crippen LogP contribution in [0.25, 0.3) is 0 Å². The van der Waals surface area contributed by atoms with E-state index in [1.165, 1.54) is 29.2 Å². The normalized spacial score (nSPS) is 9.46. The zero-order chi connectivity index (χ0) is 9.84. The van der Waals surface area contributed by atoms with Crippen LogP contribution < -0.4 is 4.74 Å². The molecule has 0 atom stereocenters. The molecule has 1 aromatic carbocycles. The van der Waals surface area contributed by atoms with Crippen molar-refractivity contribution in [1.82, 2.24) is 4.90 Å². The van der Waals surface area contributed by atoms with Crippen LogP contribution in [0.2, 0.25) is 0 Å². The fraction of sp³-hybridized carbons (Fsp3) is 0.222. The molecule has 1 aromatic rings. The number of rotatable bonds is 1. The number of carbonyl (C=O) groups excluding carboxylic acids is 1. The Labute approximate surface area is 75.7 Å². The van der Waals surface area contributed by atoms with Crippen molar-refractivity contribution in [2.75, 3.05) is 14.1 Å². The van der Waals surface area contributed by atoms with E-state index >= 15 is 0 Å². The van der Waals surface area contributed by atoms with Gasteiger partial charge in [-0.3, -0.25) is 0 Å². The number of carbonyl (C=O) groups is 1. The Morgan fingerprint density at radius 1 is 1.31 bits per heavy atom. The summed E-state index contributed by atoms with van der Waals surface area (Å²) in [6.45, 7) is 0. The monoisotopic (exact) mass is 183 g/mol. The quantitative estimate of drug-likeness (QED) is 0.665. The van der Waals surface area contributed by atoms with Gasteiger partial charge in [0.05, 0.1) is 0 Å². The molecule has 13 heavy (non-hydrogen) atoms. The van der Waals surface area contributed by atoms with E-state index in [9.17, 15) is 9.18 Å². The molecule has 0 unspecified atom stereocenters. The second kappa shape index (κ2) is 3.89. The number of amides is 1. The summed E-state index contributed by atoms with van der Waals surface area (Å²) in [5, 5.41) is 0. The zero-order valence-electron chi connectivity index (χ0n) is 7.45. The van der Waals surface area contributed by atoms with Gasteiger partial charge in [0.15, 0.2) is 0 Å². The second-order valence-electron chi connectivity index (χ2n) is 2.72. The molecule has 0 aliphatic carbocycles. The lowest BCUT2D eigenvalue weighted by Gasteiger charge is -2.09. The molecule has 0 saturated heterocycles. The van der Waals surface area contributed by atoms with Crippen molar-refractivity contribution < 1.29 is 13.9 Å². The highest BCUT2D eigenvalue weighted by molar-refractivity contribution is 5.69. The summed E-state index contributed by atoms with van der Waals surface area (Å²) in [5.41, 5.74) is 0. The van der Waals surface area contributed by atoms with Crippen molar-refractivity contribution in [3.8, 4) is 5.75 Å². The Morgan fingerprint density at radius 3 is 2.31 bits per heavy atom. The first-order valence-corrected chi connectivity index (χ1v) is 3.74.